The Hall–Kier alpha value is -0.850. The third-order valence-corrected chi connectivity index (χ3v) is 6.10. The fourth-order valence-electron chi connectivity index (χ4n) is 5.31. The number of rotatable bonds is 0. The zero-order chi connectivity index (χ0) is 12.9. The molecule has 0 atom stereocenters. The first-order valence-corrected chi connectivity index (χ1v) is 8.33. The summed E-state index contributed by atoms with van der Waals surface area (Å²) >= 11 is 0. The van der Waals surface area contributed by atoms with E-state index in [0.717, 1.165) is 12.8 Å². The molecule has 1 nitrogen and oxygen atoms in total. The van der Waals surface area contributed by atoms with Gasteiger partial charge < -0.3 is 0 Å². The van der Waals surface area contributed by atoms with E-state index in [1.54, 1.807) is 11.1 Å². The maximum absolute atomic E-state index is 12.8. The predicted octanol–water partition coefficient (Wildman–Crippen LogP) is 4.87. The van der Waals surface area contributed by atoms with Crippen LogP contribution < -0.4 is 0 Å². The molecule has 1 fully saturated rings. The summed E-state index contributed by atoms with van der Waals surface area (Å²) < 4.78 is 0. The van der Waals surface area contributed by atoms with E-state index >= 15 is 0 Å². The summed E-state index contributed by atoms with van der Waals surface area (Å²) in [6, 6.07) is 0. The van der Waals surface area contributed by atoms with E-state index in [2.05, 4.69) is 0 Å². The van der Waals surface area contributed by atoms with Crippen molar-refractivity contribution in [3.05, 3.63) is 22.3 Å². The van der Waals surface area contributed by atoms with Crippen molar-refractivity contribution in [1.29, 1.82) is 0 Å². The van der Waals surface area contributed by atoms with Crippen molar-refractivity contribution in [1.82, 2.24) is 0 Å². The van der Waals surface area contributed by atoms with Gasteiger partial charge in [0.15, 0.2) is 5.78 Å². The molecule has 0 N–H and O–H groups in total. The lowest BCUT2D eigenvalue weighted by Gasteiger charge is -2.44. The molecule has 4 rings (SSSR count). The van der Waals surface area contributed by atoms with E-state index in [1.807, 2.05) is 0 Å². The van der Waals surface area contributed by atoms with E-state index in [1.165, 1.54) is 75.4 Å². The number of Topliss-reactive ketones (excluding diaryl/α,β-unsaturated/α-hetero) is 1. The Morgan fingerprint density at radius 3 is 1.63 bits per heavy atom. The van der Waals surface area contributed by atoms with Gasteiger partial charge in [0.1, 0.15) is 0 Å². The van der Waals surface area contributed by atoms with Crippen LogP contribution in [0.2, 0.25) is 0 Å². The van der Waals surface area contributed by atoms with E-state index in [0.29, 0.717) is 11.2 Å². The van der Waals surface area contributed by atoms with Crippen molar-refractivity contribution in [3.8, 4) is 0 Å². The van der Waals surface area contributed by atoms with Gasteiger partial charge in [0.2, 0.25) is 0 Å². The normalized spacial score (nSPS) is 29.8. The highest BCUT2D eigenvalue weighted by Gasteiger charge is 2.48. The number of carbonyl (C=O) groups excluding carboxylic acids is 1. The third-order valence-electron chi connectivity index (χ3n) is 6.10. The maximum atomic E-state index is 12.8. The van der Waals surface area contributed by atoms with Crippen LogP contribution in [0.1, 0.15) is 77.0 Å². The highest BCUT2D eigenvalue weighted by Crippen LogP contribution is 2.59. The van der Waals surface area contributed by atoms with Gasteiger partial charge in [-0.3, -0.25) is 4.79 Å². The zero-order valence-electron chi connectivity index (χ0n) is 11.9. The number of fused-ring (bicyclic) bond motifs is 2. The number of allylic oxidation sites excluding steroid dienone is 4. The molecule has 0 unspecified atom stereocenters. The molecule has 0 aromatic heterocycles. The lowest BCUT2D eigenvalue weighted by Crippen LogP contribution is -2.35. The first-order valence-electron chi connectivity index (χ1n) is 8.33. The Balaban J connectivity index is 1.90. The molecule has 0 bridgehead atoms. The van der Waals surface area contributed by atoms with Gasteiger partial charge in [-0.1, -0.05) is 24.0 Å². The number of ketones is 1. The van der Waals surface area contributed by atoms with E-state index in [4.69, 9.17) is 0 Å². The summed E-state index contributed by atoms with van der Waals surface area (Å²) in [5.41, 5.74) is 6.14. The molecule has 0 amide bonds. The second kappa shape index (κ2) is 4.33. The van der Waals surface area contributed by atoms with Gasteiger partial charge in [0.05, 0.1) is 0 Å². The Bertz CT molecular complexity index is 448. The van der Waals surface area contributed by atoms with Gasteiger partial charge in [-0.2, -0.15) is 0 Å². The van der Waals surface area contributed by atoms with Crippen LogP contribution in [0, 0.1) is 5.41 Å². The lowest BCUT2D eigenvalue weighted by atomic mass is 9.59. The largest absolute Gasteiger partial charge is 0.289 e. The highest BCUT2D eigenvalue weighted by atomic mass is 16.1. The molecule has 0 aliphatic heterocycles. The summed E-state index contributed by atoms with van der Waals surface area (Å²) in [5.74, 6) is 0.474. The molecule has 102 valence electrons. The van der Waals surface area contributed by atoms with Crippen LogP contribution in [0.3, 0.4) is 0 Å². The van der Waals surface area contributed by atoms with Gasteiger partial charge in [-0.15, -0.1) is 0 Å². The van der Waals surface area contributed by atoms with Gasteiger partial charge in [0, 0.05) is 5.41 Å². The summed E-state index contributed by atoms with van der Waals surface area (Å²) in [4.78, 5) is 12.8. The molecule has 0 aromatic carbocycles. The lowest BCUT2D eigenvalue weighted by molar-refractivity contribution is -0.113. The average molecular weight is 256 g/mol. The quantitative estimate of drug-likeness (QED) is 0.604. The monoisotopic (exact) mass is 256 g/mol. The van der Waals surface area contributed by atoms with Crippen LogP contribution in [-0.4, -0.2) is 5.78 Å². The van der Waals surface area contributed by atoms with Gasteiger partial charge >= 0.3 is 0 Å². The fourth-order valence-corrected chi connectivity index (χ4v) is 5.31. The number of carbonyl (C=O) groups is 1. The zero-order valence-corrected chi connectivity index (χ0v) is 11.9. The predicted molar refractivity (Wildman–Crippen MR) is 76.9 cm³/mol. The molecular formula is C18H24O. The molecule has 19 heavy (non-hydrogen) atoms. The first-order chi connectivity index (χ1) is 9.33. The smallest absolute Gasteiger partial charge is 0.184 e. The second-order valence-corrected chi connectivity index (χ2v) is 6.95. The molecule has 0 radical (unpaired) electrons. The van der Waals surface area contributed by atoms with E-state index < -0.39 is 0 Å². The molecule has 0 saturated heterocycles. The maximum Gasteiger partial charge on any atom is 0.184 e. The van der Waals surface area contributed by atoms with Gasteiger partial charge in [-0.05, 0) is 75.4 Å². The summed E-state index contributed by atoms with van der Waals surface area (Å²) in [5, 5.41) is 0. The Morgan fingerprint density at radius 2 is 1.11 bits per heavy atom. The number of hydrogen-bond donors (Lipinski definition) is 0. The van der Waals surface area contributed by atoms with Crippen molar-refractivity contribution in [2.24, 2.45) is 5.41 Å². The number of hydrogen-bond acceptors (Lipinski definition) is 1. The van der Waals surface area contributed by atoms with Crippen LogP contribution >= 0.6 is 0 Å². The van der Waals surface area contributed by atoms with Gasteiger partial charge in [0.25, 0.3) is 0 Å². The summed E-state index contributed by atoms with van der Waals surface area (Å²) in [6.45, 7) is 0. The van der Waals surface area contributed by atoms with Crippen molar-refractivity contribution < 1.29 is 4.79 Å². The van der Waals surface area contributed by atoms with E-state index in [9.17, 15) is 4.79 Å². The van der Waals surface area contributed by atoms with Crippen molar-refractivity contribution in [3.63, 3.8) is 0 Å². The Labute approximate surface area is 116 Å². The molecule has 1 saturated carbocycles. The van der Waals surface area contributed by atoms with Crippen LogP contribution in [0.4, 0.5) is 0 Å². The highest BCUT2D eigenvalue weighted by molar-refractivity contribution is 6.11. The Morgan fingerprint density at radius 1 is 0.632 bits per heavy atom. The van der Waals surface area contributed by atoms with Gasteiger partial charge in [-0.25, -0.2) is 0 Å². The molecule has 4 aliphatic rings. The molecule has 4 aliphatic carbocycles. The van der Waals surface area contributed by atoms with Crippen LogP contribution in [0.25, 0.3) is 0 Å². The van der Waals surface area contributed by atoms with Crippen molar-refractivity contribution in [2.45, 2.75) is 77.0 Å². The van der Waals surface area contributed by atoms with Crippen LogP contribution in [0.15, 0.2) is 22.3 Å². The molecule has 1 spiro atoms. The van der Waals surface area contributed by atoms with E-state index in [-0.39, 0.29) is 0 Å². The summed E-state index contributed by atoms with van der Waals surface area (Å²) in [7, 11) is 0. The molecular weight excluding hydrogens is 232 g/mol. The minimum Gasteiger partial charge on any atom is -0.289 e. The second-order valence-electron chi connectivity index (χ2n) is 6.95. The minimum absolute atomic E-state index is 0.374. The standard InChI is InChI=1S/C18H24O/c19-17-13-7-1-3-9-15(13)18(11-5-6-12-18)16-10-4-2-8-14(16)17/h1-12H2. The van der Waals surface area contributed by atoms with Crippen LogP contribution in [0.5, 0.6) is 0 Å². The molecule has 0 aromatic rings. The third kappa shape index (κ3) is 1.57. The molecule has 0 heterocycles. The van der Waals surface area contributed by atoms with Crippen LogP contribution in [-0.2, 0) is 4.79 Å². The SMILES string of the molecule is O=C1C2=C(CCCC2)C2(CCCC2)C2=C1CCCC2. The fraction of sp³-hybridized carbons (Fsp3) is 0.722. The first kappa shape index (κ1) is 11.9. The van der Waals surface area contributed by atoms with Crippen molar-refractivity contribution in [2.75, 3.05) is 0 Å². The topological polar surface area (TPSA) is 17.1 Å². The average Bonchev–Trinajstić information content (AvgIpc) is 2.96. The molecule has 1 heteroatoms. The minimum atomic E-state index is 0.374. The van der Waals surface area contributed by atoms with Crippen molar-refractivity contribution >= 4 is 5.78 Å². The Kier molecular flexibility index (Phi) is 2.72. The summed E-state index contributed by atoms with van der Waals surface area (Å²) in [6.07, 6.45) is 15.1.